The monoisotopic (exact) mass is 424 g/mol. The Bertz CT molecular complexity index is 805. The molecule has 1 aromatic carbocycles. The van der Waals surface area contributed by atoms with E-state index >= 15 is 0 Å². The molecule has 0 fully saturated rings. The number of benzene rings is 1. The fourth-order valence-corrected chi connectivity index (χ4v) is 5.17. The van der Waals surface area contributed by atoms with Crippen molar-refractivity contribution >= 4 is 0 Å². The summed E-state index contributed by atoms with van der Waals surface area (Å²) in [5.41, 5.74) is 2.67. The zero-order valence-electron chi connectivity index (χ0n) is 18.8. The molecule has 1 unspecified atom stereocenters. The van der Waals surface area contributed by atoms with Crippen molar-refractivity contribution in [3.8, 4) is 11.5 Å². The average Bonchev–Trinajstić information content (AvgIpc) is 2.58. The van der Waals surface area contributed by atoms with Gasteiger partial charge >= 0.3 is 6.18 Å². The molecule has 168 valence electrons. The molecule has 0 aromatic heterocycles. The Labute approximate surface area is 178 Å². The summed E-state index contributed by atoms with van der Waals surface area (Å²) in [6.07, 6.45) is 1.59. The van der Waals surface area contributed by atoms with Crippen LogP contribution in [0.4, 0.5) is 13.2 Å². The second-order valence-electron chi connectivity index (χ2n) is 10.4. The van der Waals surface area contributed by atoms with Gasteiger partial charge in [-0.1, -0.05) is 38.3 Å². The van der Waals surface area contributed by atoms with Crippen molar-refractivity contribution in [3.05, 3.63) is 34.9 Å². The lowest BCUT2D eigenvalue weighted by Crippen LogP contribution is -2.45. The van der Waals surface area contributed by atoms with E-state index in [9.17, 15) is 18.3 Å². The van der Waals surface area contributed by atoms with E-state index < -0.39 is 12.6 Å². The van der Waals surface area contributed by atoms with Crippen molar-refractivity contribution < 1.29 is 23.0 Å². The second-order valence-corrected chi connectivity index (χ2v) is 10.4. The lowest BCUT2D eigenvalue weighted by molar-refractivity contribution is -0.135. The van der Waals surface area contributed by atoms with E-state index in [1.54, 1.807) is 0 Å². The molecule has 2 atom stereocenters. The first-order valence-corrected chi connectivity index (χ1v) is 11.1. The number of hydrogen-bond donors (Lipinski definition) is 1. The quantitative estimate of drug-likeness (QED) is 0.373. The van der Waals surface area contributed by atoms with Crippen LogP contribution >= 0.6 is 0 Å². The number of allylic oxidation sites excluding steroid dienone is 2. The van der Waals surface area contributed by atoms with Gasteiger partial charge in [0.05, 0.1) is 0 Å². The summed E-state index contributed by atoms with van der Waals surface area (Å²) in [5.74, 6) is 1.62. The van der Waals surface area contributed by atoms with Crippen LogP contribution < -0.4 is 4.74 Å². The second kappa shape index (κ2) is 8.12. The van der Waals surface area contributed by atoms with Gasteiger partial charge in [-0.15, -0.1) is 0 Å². The van der Waals surface area contributed by atoms with Crippen LogP contribution in [-0.2, 0) is 5.41 Å². The predicted octanol–water partition coefficient (Wildman–Crippen LogP) is 7.79. The molecule has 1 aliphatic heterocycles. The Morgan fingerprint density at radius 2 is 1.77 bits per heavy atom. The highest BCUT2D eigenvalue weighted by Crippen LogP contribution is 2.55. The van der Waals surface area contributed by atoms with E-state index in [2.05, 4.69) is 46.8 Å². The molecule has 0 bridgehead atoms. The van der Waals surface area contributed by atoms with E-state index in [1.165, 1.54) is 5.57 Å². The Morgan fingerprint density at radius 1 is 1.10 bits per heavy atom. The van der Waals surface area contributed by atoms with Gasteiger partial charge in [-0.05, 0) is 69.6 Å². The van der Waals surface area contributed by atoms with Gasteiger partial charge in [0.2, 0.25) is 0 Å². The molecular weight excluding hydrogens is 389 g/mol. The van der Waals surface area contributed by atoms with Gasteiger partial charge < -0.3 is 9.84 Å². The molecule has 30 heavy (non-hydrogen) atoms. The molecule has 2 aliphatic rings. The number of fused-ring (bicyclic) bond motifs is 3. The Hall–Kier alpha value is -1.65. The molecule has 0 spiro atoms. The molecule has 3 rings (SSSR count). The number of phenols is 1. The van der Waals surface area contributed by atoms with Crippen molar-refractivity contribution in [1.82, 2.24) is 0 Å². The number of halogens is 3. The van der Waals surface area contributed by atoms with Crippen LogP contribution in [0, 0.1) is 5.92 Å². The van der Waals surface area contributed by atoms with Crippen molar-refractivity contribution in [2.75, 3.05) is 0 Å². The van der Waals surface area contributed by atoms with E-state index in [-0.39, 0.29) is 29.1 Å². The van der Waals surface area contributed by atoms with E-state index in [0.29, 0.717) is 12.3 Å². The molecule has 0 saturated heterocycles. The summed E-state index contributed by atoms with van der Waals surface area (Å²) in [6.45, 7) is 10.6. The highest BCUT2D eigenvalue weighted by molar-refractivity contribution is 5.54. The first kappa shape index (κ1) is 23.0. The maximum Gasteiger partial charge on any atom is 0.389 e. The number of hydrogen-bond acceptors (Lipinski definition) is 2. The highest BCUT2D eigenvalue weighted by Gasteiger charge is 2.46. The van der Waals surface area contributed by atoms with Crippen LogP contribution in [0.2, 0.25) is 0 Å². The molecule has 1 N–H and O–H groups in total. The summed E-state index contributed by atoms with van der Waals surface area (Å²) in [6, 6.07) is 3.90. The first-order chi connectivity index (χ1) is 13.8. The molecule has 1 aromatic rings. The van der Waals surface area contributed by atoms with Crippen molar-refractivity contribution in [2.45, 2.75) is 103 Å². The van der Waals surface area contributed by atoms with Crippen molar-refractivity contribution in [3.63, 3.8) is 0 Å². The van der Waals surface area contributed by atoms with Crippen LogP contribution in [-0.4, -0.2) is 16.9 Å². The summed E-state index contributed by atoms with van der Waals surface area (Å²) < 4.78 is 43.4. The van der Waals surface area contributed by atoms with E-state index in [4.69, 9.17) is 4.74 Å². The minimum atomic E-state index is -4.07. The van der Waals surface area contributed by atoms with Gasteiger partial charge in [0.15, 0.2) is 0 Å². The highest BCUT2D eigenvalue weighted by atomic mass is 19.4. The van der Waals surface area contributed by atoms with Gasteiger partial charge in [-0.2, -0.15) is 13.2 Å². The van der Waals surface area contributed by atoms with Crippen LogP contribution in [0.5, 0.6) is 11.5 Å². The number of rotatable bonds is 6. The molecule has 0 saturated carbocycles. The van der Waals surface area contributed by atoms with E-state index in [0.717, 1.165) is 42.6 Å². The van der Waals surface area contributed by atoms with E-state index in [1.807, 2.05) is 6.07 Å². The molecule has 1 aliphatic carbocycles. The summed E-state index contributed by atoms with van der Waals surface area (Å²) >= 11 is 0. The fourth-order valence-electron chi connectivity index (χ4n) is 5.17. The average molecular weight is 425 g/mol. The zero-order chi connectivity index (χ0) is 22.3. The van der Waals surface area contributed by atoms with Crippen LogP contribution in [0.1, 0.15) is 96.6 Å². The third-order valence-corrected chi connectivity index (χ3v) is 7.05. The predicted molar refractivity (Wildman–Crippen MR) is 114 cm³/mol. The van der Waals surface area contributed by atoms with Crippen molar-refractivity contribution in [1.29, 1.82) is 0 Å². The summed E-state index contributed by atoms with van der Waals surface area (Å²) in [4.78, 5) is 0. The molecular formula is C25H35F3O2. The Kier molecular flexibility index (Phi) is 6.23. The number of unbranched alkanes of at least 4 members (excludes halogenated alkanes) is 2. The van der Waals surface area contributed by atoms with Gasteiger partial charge in [-0.25, -0.2) is 0 Å². The SMILES string of the molecule is CC1=CC[C@@H]2C(C1)c1c(O)cc(C(C)(C)CCCCCC(F)(F)F)cc1OC2(C)C. The van der Waals surface area contributed by atoms with Gasteiger partial charge in [0.1, 0.15) is 17.1 Å². The van der Waals surface area contributed by atoms with Gasteiger partial charge in [0, 0.05) is 23.8 Å². The van der Waals surface area contributed by atoms with Crippen LogP contribution in [0.15, 0.2) is 23.8 Å². The topological polar surface area (TPSA) is 29.5 Å². The third kappa shape index (κ3) is 4.97. The minimum absolute atomic E-state index is 0.169. The minimum Gasteiger partial charge on any atom is -0.508 e. The zero-order valence-corrected chi connectivity index (χ0v) is 18.8. The maximum atomic E-state index is 12.3. The molecule has 5 heteroatoms. The fraction of sp³-hybridized carbons (Fsp3) is 0.680. The lowest BCUT2D eigenvalue weighted by Gasteiger charge is -2.47. The van der Waals surface area contributed by atoms with Gasteiger partial charge in [-0.3, -0.25) is 0 Å². The first-order valence-electron chi connectivity index (χ1n) is 11.1. The number of aromatic hydroxyl groups is 1. The number of ether oxygens (including phenoxy) is 1. The Morgan fingerprint density at radius 3 is 2.43 bits per heavy atom. The van der Waals surface area contributed by atoms with Crippen LogP contribution in [0.3, 0.4) is 0 Å². The van der Waals surface area contributed by atoms with Crippen LogP contribution in [0.25, 0.3) is 0 Å². The summed E-state index contributed by atoms with van der Waals surface area (Å²) in [7, 11) is 0. The Balaban J connectivity index is 1.79. The molecule has 0 radical (unpaired) electrons. The third-order valence-electron chi connectivity index (χ3n) is 7.05. The molecule has 0 amide bonds. The molecule has 2 nitrogen and oxygen atoms in total. The van der Waals surface area contributed by atoms with Crippen molar-refractivity contribution in [2.24, 2.45) is 5.92 Å². The largest absolute Gasteiger partial charge is 0.508 e. The summed E-state index contributed by atoms with van der Waals surface area (Å²) in [5, 5.41) is 11.0. The number of phenolic OH excluding ortho intramolecular Hbond substituents is 1. The van der Waals surface area contributed by atoms with Gasteiger partial charge in [0.25, 0.3) is 0 Å². The lowest BCUT2D eigenvalue weighted by atomic mass is 9.66. The smallest absolute Gasteiger partial charge is 0.389 e. The standard InChI is InChI=1S/C25H35F3O2/c1-16-9-10-19-18(13-16)22-20(29)14-17(15-21(22)30-24(19,4)5)23(2,3)11-7-6-8-12-25(26,27)28/h9,14-15,18-19,29H,6-8,10-13H2,1-5H3/t18?,19-/m1/s1. The number of alkyl halides is 3. The normalized spacial score (nSPS) is 23.3. The molecule has 1 heterocycles. The maximum absolute atomic E-state index is 12.3.